The van der Waals surface area contributed by atoms with E-state index in [1.54, 1.807) is 12.1 Å². The highest BCUT2D eigenvalue weighted by Gasteiger charge is 2.36. The second-order valence-electron chi connectivity index (χ2n) is 7.02. The van der Waals surface area contributed by atoms with Crippen molar-refractivity contribution in [2.45, 2.75) is 13.0 Å². The molecule has 1 N–H and O–H groups in total. The fourth-order valence-corrected chi connectivity index (χ4v) is 4.33. The lowest BCUT2D eigenvalue weighted by molar-refractivity contribution is -0.123. The summed E-state index contributed by atoms with van der Waals surface area (Å²) in [6, 6.07) is 19.2. The second kappa shape index (κ2) is 8.96. The van der Waals surface area contributed by atoms with Crippen LogP contribution in [0.1, 0.15) is 22.3 Å². The Kier molecular flexibility index (Phi) is 6.11. The van der Waals surface area contributed by atoms with Gasteiger partial charge in [0.25, 0.3) is 11.1 Å². The van der Waals surface area contributed by atoms with Crippen LogP contribution in [0.2, 0.25) is 5.02 Å². The van der Waals surface area contributed by atoms with Gasteiger partial charge in [-0.15, -0.1) is 0 Å². The lowest BCUT2D eigenvalue weighted by Crippen LogP contribution is -2.28. The molecule has 0 aliphatic carbocycles. The average Bonchev–Trinajstić information content (AvgIpc) is 3.01. The van der Waals surface area contributed by atoms with E-state index in [4.69, 9.17) is 11.6 Å². The minimum absolute atomic E-state index is 0.000703. The maximum Gasteiger partial charge on any atom is 0.293 e. The van der Waals surface area contributed by atoms with Crippen LogP contribution in [0.4, 0.5) is 9.18 Å². The Balaban J connectivity index is 1.58. The molecular formula is C24H17ClFNO3S. The summed E-state index contributed by atoms with van der Waals surface area (Å²) < 4.78 is 14.1. The number of thioether (sulfide) groups is 1. The van der Waals surface area contributed by atoms with Crippen molar-refractivity contribution in [2.24, 2.45) is 0 Å². The summed E-state index contributed by atoms with van der Waals surface area (Å²) in [4.78, 5) is 26.3. The molecule has 1 heterocycles. The molecule has 0 saturated carbocycles. The average molecular weight is 454 g/mol. The van der Waals surface area contributed by atoms with Crippen molar-refractivity contribution in [1.29, 1.82) is 0 Å². The van der Waals surface area contributed by atoms with Crippen LogP contribution in [0.15, 0.2) is 71.6 Å². The summed E-state index contributed by atoms with van der Waals surface area (Å²) >= 11 is 6.78. The van der Waals surface area contributed by atoms with Gasteiger partial charge in [0.15, 0.2) is 0 Å². The molecule has 7 heteroatoms. The number of benzene rings is 3. The molecule has 0 bridgehead atoms. The zero-order valence-corrected chi connectivity index (χ0v) is 17.8. The van der Waals surface area contributed by atoms with Gasteiger partial charge in [0, 0.05) is 16.1 Å². The molecular weight excluding hydrogens is 437 g/mol. The molecule has 0 spiro atoms. The van der Waals surface area contributed by atoms with Gasteiger partial charge in [0.2, 0.25) is 0 Å². The van der Waals surface area contributed by atoms with Crippen molar-refractivity contribution in [3.8, 4) is 5.75 Å². The molecule has 0 radical (unpaired) electrons. The predicted octanol–water partition coefficient (Wildman–Crippen LogP) is 6.01. The van der Waals surface area contributed by atoms with Crippen molar-refractivity contribution < 1.29 is 19.1 Å². The highest BCUT2D eigenvalue weighted by atomic mass is 35.5. The molecule has 156 valence electrons. The number of amides is 2. The van der Waals surface area contributed by atoms with Crippen LogP contribution >= 0.6 is 23.4 Å². The monoisotopic (exact) mass is 453 g/mol. The third-order valence-electron chi connectivity index (χ3n) is 4.88. The van der Waals surface area contributed by atoms with Gasteiger partial charge < -0.3 is 5.11 Å². The number of imide groups is 1. The van der Waals surface area contributed by atoms with Crippen LogP contribution in [0.25, 0.3) is 6.08 Å². The minimum atomic E-state index is -0.582. The first kappa shape index (κ1) is 21.2. The Morgan fingerprint density at radius 1 is 1.00 bits per heavy atom. The first-order valence-electron chi connectivity index (χ1n) is 9.46. The molecule has 1 aliphatic heterocycles. The molecule has 3 aromatic carbocycles. The molecule has 3 aromatic rings. The highest BCUT2D eigenvalue weighted by molar-refractivity contribution is 8.18. The first-order chi connectivity index (χ1) is 14.9. The quantitative estimate of drug-likeness (QED) is 0.480. The second-order valence-corrected chi connectivity index (χ2v) is 8.42. The van der Waals surface area contributed by atoms with Crippen LogP contribution < -0.4 is 0 Å². The number of nitrogens with zero attached hydrogens (tertiary/aromatic N) is 1. The topological polar surface area (TPSA) is 57.6 Å². The van der Waals surface area contributed by atoms with E-state index >= 15 is 0 Å². The smallest absolute Gasteiger partial charge is 0.293 e. The summed E-state index contributed by atoms with van der Waals surface area (Å²) in [5.74, 6) is -1.13. The number of rotatable bonds is 5. The van der Waals surface area contributed by atoms with E-state index in [9.17, 15) is 19.1 Å². The lowest BCUT2D eigenvalue weighted by Gasteiger charge is -2.14. The van der Waals surface area contributed by atoms with Gasteiger partial charge in [-0.3, -0.25) is 14.5 Å². The normalized spacial score (nSPS) is 15.2. The number of phenols is 1. The van der Waals surface area contributed by atoms with E-state index in [-0.39, 0.29) is 27.8 Å². The molecule has 4 nitrogen and oxygen atoms in total. The molecule has 1 saturated heterocycles. The van der Waals surface area contributed by atoms with E-state index < -0.39 is 17.0 Å². The zero-order valence-electron chi connectivity index (χ0n) is 16.2. The number of carbonyl (C=O) groups is 2. The Morgan fingerprint density at radius 2 is 1.77 bits per heavy atom. The van der Waals surface area contributed by atoms with Gasteiger partial charge in [-0.25, -0.2) is 4.39 Å². The SMILES string of the molecule is O=C1S/C(=C\c2cc(Cc3ccccc3)ccc2O)C(=O)N1Cc1c(F)cccc1Cl. The number of phenolic OH excluding ortho intramolecular Hbond substituents is 1. The highest BCUT2D eigenvalue weighted by Crippen LogP contribution is 2.36. The largest absolute Gasteiger partial charge is 0.507 e. The van der Waals surface area contributed by atoms with Gasteiger partial charge in [0.05, 0.1) is 11.4 Å². The molecule has 0 unspecified atom stereocenters. The molecule has 1 fully saturated rings. The van der Waals surface area contributed by atoms with Crippen LogP contribution in [-0.4, -0.2) is 21.2 Å². The summed E-state index contributed by atoms with van der Waals surface area (Å²) in [5.41, 5.74) is 2.58. The van der Waals surface area contributed by atoms with Crippen molar-refractivity contribution in [2.75, 3.05) is 0 Å². The molecule has 0 atom stereocenters. The lowest BCUT2D eigenvalue weighted by atomic mass is 10.0. The maximum absolute atomic E-state index is 14.1. The predicted molar refractivity (Wildman–Crippen MR) is 120 cm³/mol. The van der Waals surface area contributed by atoms with Crippen LogP contribution in [0.3, 0.4) is 0 Å². The van der Waals surface area contributed by atoms with Crippen LogP contribution in [-0.2, 0) is 17.8 Å². The number of halogens is 2. The fourth-order valence-electron chi connectivity index (χ4n) is 3.28. The summed E-state index contributed by atoms with van der Waals surface area (Å²) in [6.07, 6.45) is 2.15. The Hall–Kier alpha value is -3.09. The maximum atomic E-state index is 14.1. The van der Waals surface area contributed by atoms with Crippen molar-refractivity contribution in [3.05, 3.63) is 105 Å². The number of hydrogen-bond donors (Lipinski definition) is 1. The fraction of sp³-hybridized carbons (Fsp3) is 0.0833. The standard InChI is InChI=1S/C24H17ClFNO3S/c25-19-7-4-8-20(26)18(19)14-27-23(29)22(31-24(27)30)13-17-12-16(9-10-21(17)28)11-15-5-2-1-3-6-15/h1-10,12-13,28H,11,14H2/b22-13-. The zero-order chi connectivity index (χ0) is 22.0. The van der Waals surface area contributed by atoms with Gasteiger partial charge in [-0.2, -0.15) is 0 Å². The molecule has 31 heavy (non-hydrogen) atoms. The van der Waals surface area contributed by atoms with Gasteiger partial charge in [-0.1, -0.05) is 54.1 Å². The molecule has 1 aliphatic rings. The summed E-state index contributed by atoms with van der Waals surface area (Å²) in [7, 11) is 0. The van der Waals surface area contributed by atoms with E-state index in [1.165, 1.54) is 24.3 Å². The van der Waals surface area contributed by atoms with Crippen LogP contribution in [0, 0.1) is 5.82 Å². The van der Waals surface area contributed by atoms with E-state index in [0.717, 1.165) is 27.8 Å². The van der Waals surface area contributed by atoms with Gasteiger partial charge in [0.1, 0.15) is 11.6 Å². The van der Waals surface area contributed by atoms with E-state index in [2.05, 4.69) is 0 Å². The van der Waals surface area contributed by atoms with E-state index in [1.807, 2.05) is 36.4 Å². The Labute approximate surface area is 188 Å². The number of aromatic hydroxyl groups is 1. The van der Waals surface area contributed by atoms with Gasteiger partial charge >= 0.3 is 0 Å². The van der Waals surface area contributed by atoms with Gasteiger partial charge in [-0.05, 0) is 59.7 Å². The molecule has 4 rings (SSSR count). The number of hydrogen-bond acceptors (Lipinski definition) is 4. The first-order valence-corrected chi connectivity index (χ1v) is 10.7. The van der Waals surface area contributed by atoms with Crippen molar-refractivity contribution >= 4 is 40.6 Å². The van der Waals surface area contributed by atoms with Crippen molar-refractivity contribution in [1.82, 2.24) is 4.90 Å². The third-order valence-corrected chi connectivity index (χ3v) is 6.14. The molecule has 2 amide bonds. The van der Waals surface area contributed by atoms with Crippen LogP contribution in [0.5, 0.6) is 5.75 Å². The van der Waals surface area contributed by atoms with E-state index in [0.29, 0.717) is 12.0 Å². The minimum Gasteiger partial charge on any atom is -0.507 e. The summed E-state index contributed by atoms with van der Waals surface area (Å²) in [6.45, 7) is -0.256. The Bertz CT molecular complexity index is 1180. The van der Waals surface area contributed by atoms with Crippen molar-refractivity contribution in [3.63, 3.8) is 0 Å². The molecule has 0 aromatic heterocycles. The number of carbonyl (C=O) groups excluding carboxylic acids is 2. The summed E-state index contributed by atoms with van der Waals surface area (Å²) in [5, 5.41) is 9.89. The Morgan fingerprint density at radius 3 is 2.52 bits per heavy atom. The third kappa shape index (κ3) is 4.65.